The van der Waals surface area contributed by atoms with Crippen LogP contribution in [0.4, 0.5) is 5.69 Å². The molecule has 0 radical (unpaired) electrons. The van der Waals surface area contributed by atoms with Gasteiger partial charge in [-0.1, -0.05) is 24.3 Å². The van der Waals surface area contributed by atoms with Gasteiger partial charge < -0.3 is 14.6 Å². The summed E-state index contributed by atoms with van der Waals surface area (Å²) in [5.74, 6) is -0.866. The zero-order valence-electron chi connectivity index (χ0n) is 13.1. The van der Waals surface area contributed by atoms with Crippen molar-refractivity contribution in [1.82, 2.24) is 4.98 Å². The number of hydrogen-bond donors (Lipinski definition) is 1. The molecule has 0 saturated carbocycles. The summed E-state index contributed by atoms with van der Waals surface area (Å²) in [7, 11) is -2.43. The summed E-state index contributed by atoms with van der Waals surface area (Å²) in [6, 6.07) is 11.6. The predicted octanol–water partition coefficient (Wildman–Crippen LogP) is 1.41. The molecule has 0 spiro atoms. The Kier molecular flexibility index (Phi) is 4.28. The molecule has 0 aliphatic rings. The first-order chi connectivity index (χ1) is 11.9. The van der Waals surface area contributed by atoms with E-state index in [-0.39, 0.29) is 16.1 Å². The van der Waals surface area contributed by atoms with Crippen molar-refractivity contribution in [3.63, 3.8) is 0 Å². The van der Waals surface area contributed by atoms with Crippen molar-refractivity contribution in [1.29, 1.82) is 0 Å². The third kappa shape index (κ3) is 3.24. The minimum absolute atomic E-state index is 0.0398. The Hall–Kier alpha value is -3.13. The molecule has 7 nitrogen and oxygen atoms in total. The molecule has 0 aliphatic heterocycles. The molecule has 1 N–H and O–H groups in total. The maximum atomic E-state index is 12.7. The summed E-state index contributed by atoms with van der Waals surface area (Å²) in [6.07, 6.45) is 1.39. The highest BCUT2D eigenvalue weighted by Gasteiger charge is 2.19. The Morgan fingerprint density at radius 3 is 2.48 bits per heavy atom. The number of rotatable bonds is 5. The smallest absolute Gasteiger partial charge is 0.262 e. The van der Waals surface area contributed by atoms with Crippen LogP contribution in [-0.4, -0.2) is 26.5 Å². The second kappa shape index (κ2) is 6.40. The van der Waals surface area contributed by atoms with Crippen LogP contribution in [0.25, 0.3) is 10.9 Å². The Morgan fingerprint density at radius 1 is 1.12 bits per heavy atom. The number of sulfonamides is 1. The standard InChI is InChI=1S/C17H14N2O5S/c1-24-14-4-2-3-13-15(9-10-18-16(13)14)25(22,23)19-12-7-5-11(6-8-12)17(20)21/h2-10,19H,1H3,(H,20,21)/p-1. The number of nitrogens with zero attached hydrogens (tertiary/aromatic N) is 1. The topological polar surface area (TPSA) is 108 Å². The third-order valence-electron chi connectivity index (χ3n) is 3.58. The van der Waals surface area contributed by atoms with E-state index in [1.165, 1.54) is 43.6 Å². The SMILES string of the molecule is COc1cccc2c(S(=O)(=O)Nc3ccc(C(=O)[O-])cc3)ccnc12. The van der Waals surface area contributed by atoms with Gasteiger partial charge in [0.2, 0.25) is 0 Å². The first-order valence-electron chi connectivity index (χ1n) is 7.18. The molecular weight excluding hydrogens is 344 g/mol. The van der Waals surface area contributed by atoms with E-state index in [1.54, 1.807) is 18.2 Å². The maximum absolute atomic E-state index is 12.7. The lowest BCUT2D eigenvalue weighted by Gasteiger charge is -2.12. The number of ether oxygens (including phenoxy) is 1. The second-order valence-electron chi connectivity index (χ2n) is 5.14. The lowest BCUT2D eigenvalue weighted by atomic mass is 10.2. The number of hydrogen-bond acceptors (Lipinski definition) is 6. The molecule has 0 atom stereocenters. The quantitative estimate of drug-likeness (QED) is 0.739. The number of fused-ring (bicyclic) bond motifs is 1. The summed E-state index contributed by atoms with van der Waals surface area (Å²) in [6.45, 7) is 0. The maximum Gasteiger partial charge on any atom is 0.262 e. The van der Waals surface area contributed by atoms with E-state index in [1.807, 2.05) is 0 Å². The van der Waals surface area contributed by atoms with Crippen LogP contribution in [-0.2, 0) is 10.0 Å². The lowest BCUT2D eigenvalue weighted by molar-refractivity contribution is -0.255. The van der Waals surface area contributed by atoms with Gasteiger partial charge in [-0.05, 0) is 29.8 Å². The van der Waals surface area contributed by atoms with Crippen LogP contribution in [0.5, 0.6) is 5.75 Å². The molecule has 0 bridgehead atoms. The molecule has 1 aromatic heterocycles. The summed E-state index contributed by atoms with van der Waals surface area (Å²) in [4.78, 5) is 15.0. The van der Waals surface area contributed by atoms with Gasteiger partial charge >= 0.3 is 0 Å². The van der Waals surface area contributed by atoms with Crippen molar-refractivity contribution in [2.24, 2.45) is 0 Å². The van der Waals surface area contributed by atoms with Crippen LogP contribution in [0.2, 0.25) is 0 Å². The Bertz CT molecular complexity index is 1050. The number of pyridine rings is 1. The minimum atomic E-state index is -3.91. The molecule has 0 saturated heterocycles. The molecule has 1 heterocycles. The summed E-state index contributed by atoms with van der Waals surface area (Å²) in [5.41, 5.74) is 0.625. The monoisotopic (exact) mass is 357 g/mol. The molecule has 3 aromatic rings. The molecule has 0 fully saturated rings. The van der Waals surface area contributed by atoms with Crippen molar-refractivity contribution in [2.45, 2.75) is 4.90 Å². The van der Waals surface area contributed by atoms with E-state index in [0.29, 0.717) is 16.7 Å². The molecule has 128 valence electrons. The third-order valence-corrected chi connectivity index (χ3v) is 5.02. The van der Waals surface area contributed by atoms with Gasteiger partial charge in [-0.2, -0.15) is 0 Å². The van der Waals surface area contributed by atoms with Crippen LogP contribution in [0.3, 0.4) is 0 Å². The summed E-state index contributed by atoms with van der Waals surface area (Å²) in [5, 5.41) is 11.2. The van der Waals surface area contributed by atoms with E-state index >= 15 is 0 Å². The number of nitrogens with one attached hydrogen (secondary N) is 1. The molecule has 25 heavy (non-hydrogen) atoms. The lowest BCUT2D eigenvalue weighted by Crippen LogP contribution is -2.22. The number of aromatic nitrogens is 1. The van der Waals surface area contributed by atoms with Gasteiger partial charge in [0, 0.05) is 17.3 Å². The number of methoxy groups -OCH3 is 1. The van der Waals surface area contributed by atoms with Crippen molar-refractivity contribution in [3.8, 4) is 5.75 Å². The molecule has 0 aliphatic carbocycles. The van der Waals surface area contributed by atoms with Gasteiger partial charge in [-0.15, -0.1) is 0 Å². The fourth-order valence-electron chi connectivity index (χ4n) is 2.41. The van der Waals surface area contributed by atoms with E-state index in [2.05, 4.69) is 9.71 Å². The Morgan fingerprint density at radius 2 is 1.84 bits per heavy atom. The number of carboxylic acids is 1. The van der Waals surface area contributed by atoms with Gasteiger partial charge in [0.1, 0.15) is 11.3 Å². The fraction of sp³-hybridized carbons (Fsp3) is 0.0588. The zero-order chi connectivity index (χ0) is 18.0. The van der Waals surface area contributed by atoms with Crippen LogP contribution < -0.4 is 14.6 Å². The van der Waals surface area contributed by atoms with Gasteiger partial charge in [0.15, 0.2) is 0 Å². The van der Waals surface area contributed by atoms with E-state index in [0.717, 1.165) is 0 Å². The Labute approximate surface area is 143 Å². The van der Waals surface area contributed by atoms with E-state index in [9.17, 15) is 18.3 Å². The molecule has 3 rings (SSSR count). The number of carbonyl (C=O) groups excluding carboxylic acids is 1. The predicted molar refractivity (Wildman–Crippen MR) is 89.9 cm³/mol. The molecule has 0 unspecified atom stereocenters. The number of benzene rings is 2. The van der Waals surface area contributed by atoms with Gasteiger partial charge in [0.05, 0.1) is 18.0 Å². The van der Waals surface area contributed by atoms with Gasteiger partial charge in [0.25, 0.3) is 10.0 Å². The van der Waals surface area contributed by atoms with Crippen molar-refractivity contribution in [2.75, 3.05) is 11.8 Å². The van der Waals surface area contributed by atoms with Gasteiger partial charge in [-0.3, -0.25) is 9.71 Å². The van der Waals surface area contributed by atoms with E-state index < -0.39 is 16.0 Å². The zero-order valence-corrected chi connectivity index (χ0v) is 13.9. The fourth-order valence-corrected chi connectivity index (χ4v) is 3.66. The van der Waals surface area contributed by atoms with Crippen LogP contribution in [0.1, 0.15) is 10.4 Å². The van der Waals surface area contributed by atoms with Crippen LogP contribution in [0, 0.1) is 0 Å². The van der Waals surface area contributed by atoms with Crippen LogP contribution in [0.15, 0.2) is 59.6 Å². The number of para-hydroxylation sites is 1. The Balaban J connectivity index is 2.03. The molecular formula is C17H13N2O5S-. The van der Waals surface area contributed by atoms with E-state index in [4.69, 9.17) is 4.74 Å². The molecule has 0 amide bonds. The summed E-state index contributed by atoms with van der Waals surface area (Å²) >= 11 is 0. The van der Waals surface area contributed by atoms with Crippen LogP contribution >= 0.6 is 0 Å². The second-order valence-corrected chi connectivity index (χ2v) is 6.79. The highest BCUT2D eigenvalue weighted by atomic mass is 32.2. The normalized spacial score (nSPS) is 11.2. The van der Waals surface area contributed by atoms with Gasteiger partial charge in [-0.25, -0.2) is 8.42 Å². The highest BCUT2D eigenvalue weighted by molar-refractivity contribution is 7.93. The van der Waals surface area contributed by atoms with Crippen molar-refractivity contribution >= 4 is 32.6 Å². The van der Waals surface area contributed by atoms with Crippen molar-refractivity contribution in [3.05, 3.63) is 60.3 Å². The molecule has 8 heteroatoms. The first-order valence-corrected chi connectivity index (χ1v) is 8.66. The number of carboxylic acid groups (broad SMARTS) is 1. The number of anilines is 1. The molecule has 2 aromatic carbocycles. The largest absolute Gasteiger partial charge is 0.545 e. The number of carbonyl (C=O) groups is 1. The van der Waals surface area contributed by atoms with Crippen molar-refractivity contribution < 1.29 is 23.1 Å². The first kappa shape index (κ1) is 16.7. The highest BCUT2D eigenvalue weighted by Crippen LogP contribution is 2.29. The average Bonchev–Trinajstić information content (AvgIpc) is 2.60. The average molecular weight is 357 g/mol. The number of aromatic carboxylic acids is 1. The summed E-state index contributed by atoms with van der Waals surface area (Å²) < 4.78 is 33.1. The minimum Gasteiger partial charge on any atom is -0.545 e.